The summed E-state index contributed by atoms with van der Waals surface area (Å²) < 4.78 is 38.6. The molecule has 3 rings (SSSR count). The van der Waals surface area contributed by atoms with Crippen molar-refractivity contribution < 1.29 is 22.7 Å². The van der Waals surface area contributed by atoms with E-state index in [1.165, 1.54) is 18.2 Å². The van der Waals surface area contributed by atoms with Crippen molar-refractivity contribution in [3.8, 4) is 17.2 Å². The number of ether oxygens (including phenoxy) is 2. The normalized spacial score (nSPS) is 11.0. The number of hydrogen-bond acceptors (Lipinski definition) is 5. The molecule has 0 fully saturated rings. The van der Waals surface area contributed by atoms with Crippen molar-refractivity contribution in [2.45, 2.75) is 18.7 Å². The molecule has 0 aliphatic heterocycles. The average Bonchev–Trinajstić information content (AvgIpc) is 2.76. The van der Waals surface area contributed by atoms with E-state index in [1.807, 2.05) is 30.3 Å². The van der Waals surface area contributed by atoms with E-state index in [4.69, 9.17) is 9.47 Å². The van der Waals surface area contributed by atoms with E-state index in [0.29, 0.717) is 23.8 Å². The molecule has 8 heteroatoms. The first-order valence-electron chi connectivity index (χ1n) is 9.83. The molecule has 0 heterocycles. The second kappa shape index (κ2) is 10.1. The highest BCUT2D eigenvalue weighted by Gasteiger charge is 2.21. The number of amides is 1. The number of hydrogen-bond donors (Lipinski definition) is 2. The molecular weight excluding hydrogens is 416 g/mol. The SMILES string of the molecule is CCNS(=O)(=O)c1cc(C(=O)Nc2ccc(Oc3ccccc3)cc2)ccc1OCC. The van der Waals surface area contributed by atoms with Crippen molar-refractivity contribution >= 4 is 21.6 Å². The molecule has 0 atom stereocenters. The number of rotatable bonds is 9. The highest BCUT2D eigenvalue weighted by atomic mass is 32.2. The fraction of sp³-hybridized carbons (Fsp3) is 0.174. The molecule has 0 aliphatic rings. The van der Waals surface area contributed by atoms with E-state index < -0.39 is 15.9 Å². The van der Waals surface area contributed by atoms with Gasteiger partial charge in [-0.15, -0.1) is 0 Å². The molecule has 2 N–H and O–H groups in total. The monoisotopic (exact) mass is 440 g/mol. The van der Waals surface area contributed by atoms with Crippen molar-refractivity contribution in [3.63, 3.8) is 0 Å². The van der Waals surface area contributed by atoms with Gasteiger partial charge in [-0.2, -0.15) is 0 Å². The Morgan fingerprint density at radius 3 is 2.23 bits per heavy atom. The topological polar surface area (TPSA) is 93.7 Å². The minimum atomic E-state index is -3.80. The second-order valence-electron chi connectivity index (χ2n) is 6.49. The number of anilines is 1. The third-order valence-electron chi connectivity index (χ3n) is 4.22. The molecule has 7 nitrogen and oxygen atoms in total. The average molecular weight is 441 g/mol. The number of nitrogens with one attached hydrogen (secondary N) is 2. The van der Waals surface area contributed by atoms with Gasteiger partial charge in [-0.3, -0.25) is 4.79 Å². The van der Waals surface area contributed by atoms with Crippen LogP contribution < -0.4 is 19.5 Å². The molecule has 0 spiro atoms. The van der Waals surface area contributed by atoms with Gasteiger partial charge in [0.2, 0.25) is 10.0 Å². The Hall–Kier alpha value is -3.36. The van der Waals surface area contributed by atoms with Crippen LogP contribution in [0.2, 0.25) is 0 Å². The summed E-state index contributed by atoms with van der Waals surface area (Å²) in [6.07, 6.45) is 0. The highest BCUT2D eigenvalue weighted by Crippen LogP contribution is 2.26. The molecule has 1 amide bonds. The second-order valence-corrected chi connectivity index (χ2v) is 8.22. The van der Waals surface area contributed by atoms with Gasteiger partial charge in [0.05, 0.1) is 6.61 Å². The van der Waals surface area contributed by atoms with E-state index in [9.17, 15) is 13.2 Å². The van der Waals surface area contributed by atoms with Crippen molar-refractivity contribution in [1.29, 1.82) is 0 Å². The van der Waals surface area contributed by atoms with Crippen molar-refractivity contribution in [3.05, 3.63) is 78.4 Å². The summed E-state index contributed by atoms with van der Waals surface area (Å²) in [4.78, 5) is 12.6. The Bertz CT molecular complexity index is 1130. The van der Waals surface area contributed by atoms with Crippen LogP contribution in [0.25, 0.3) is 0 Å². The Morgan fingerprint density at radius 2 is 1.58 bits per heavy atom. The lowest BCUT2D eigenvalue weighted by Crippen LogP contribution is -2.24. The quantitative estimate of drug-likeness (QED) is 0.513. The van der Waals surface area contributed by atoms with E-state index in [-0.39, 0.29) is 22.8 Å². The van der Waals surface area contributed by atoms with Crippen LogP contribution in [-0.4, -0.2) is 27.5 Å². The first kappa shape index (κ1) is 22.3. The lowest BCUT2D eigenvalue weighted by Gasteiger charge is -2.13. The lowest BCUT2D eigenvalue weighted by molar-refractivity contribution is 0.102. The Labute approximate surface area is 182 Å². The maximum atomic E-state index is 12.7. The van der Waals surface area contributed by atoms with Gasteiger partial charge >= 0.3 is 0 Å². The highest BCUT2D eigenvalue weighted by molar-refractivity contribution is 7.89. The predicted molar refractivity (Wildman–Crippen MR) is 119 cm³/mol. The summed E-state index contributed by atoms with van der Waals surface area (Å²) in [6, 6.07) is 20.6. The fourth-order valence-corrected chi connectivity index (χ4v) is 4.05. The van der Waals surface area contributed by atoms with Crippen molar-refractivity contribution in [2.24, 2.45) is 0 Å². The zero-order valence-electron chi connectivity index (χ0n) is 17.3. The van der Waals surface area contributed by atoms with Gasteiger partial charge in [0.25, 0.3) is 5.91 Å². The van der Waals surface area contributed by atoms with Crippen LogP contribution in [0.5, 0.6) is 17.2 Å². The van der Waals surface area contributed by atoms with Gasteiger partial charge < -0.3 is 14.8 Å². The lowest BCUT2D eigenvalue weighted by atomic mass is 10.2. The van der Waals surface area contributed by atoms with Crippen LogP contribution in [-0.2, 0) is 10.0 Å². The minimum absolute atomic E-state index is 0.0736. The van der Waals surface area contributed by atoms with Gasteiger partial charge in [0.15, 0.2) is 0 Å². The summed E-state index contributed by atoms with van der Waals surface area (Å²) in [7, 11) is -3.80. The molecule has 0 aliphatic carbocycles. The van der Waals surface area contributed by atoms with Crippen molar-refractivity contribution in [1.82, 2.24) is 4.72 Å². The Morgan fingerprint density at radius 1 is 0.903 bits per heavy atom. The van der Waals surface area contributed by atoms with E-state index in [1.54, 1.807) is 38.1 Å². The first-order chi connectivity index (χ1) is 14.9. The Kier molecular flexibility index (Phi) is 7.28. The molecule has 0 saturated heterocycles. The van der Waals surface area contributed by atoms with Gasteiger partial charge in [0.1, 0.15) is 22.1 Å². The molecular formula is C23H24N2O5S. The van der Waals surface area contributed by atoms with E-state index >= 15 is 0 Å². The standard InChI is InChI=1S/C23H24N2O5S/c1-3-24-31(27,28)22-16-17(10-15-21(22)29-4-2)23(26)25-18-11-13-20(14-12-18)30-19-8-6-5-7-9-19/h5-16,24H,3-4H2,1-2H3,(H,25,26). The summed E-state index contributed by atoms with van der Waals surface area (Å²) in [5.41, 5.74) is 0.750. The van der Waals surface area contributed by atoms with Crippen LogP contribution in [0, 0.1) is 0 Å². The molecule has 0 radical (unpaired) electrons. The van der Waals surface area contributed by atoms with Crippen LogP contribution in [0.3, 0.4) is 0 Å². The Balaban J connectivity index is 1.77. The summed E-state index contributed by atoms with van der Waals surface area (Å²) in [6.45, 7) is 3.97. The van der Waals surface area contributed by atoms with Gasteiger partial charge in [0, 0.05) is 17.8 Å². The van der Waals surface area contributed by atoms with Gasteiger partial charge in [-0.05, 0) is 61.5 Å². The smallest absolute Gasteiger partial charge is 0.255 e. The number of para-hydroxylation sites is 1. The molecule has 0 aromatic heterocycles. The minimum Gasteiger partial charge on any atom is -0.492 e. The molecule has 162 valence electrons. The van der Waals surface area contributed by atoms with Gasteiger partial charge in [-0.25, -0.2) is 13.1 Å². The molecule has 3 aromatic rings. The molecule has 0 bridgehead atoms. The van der Waals surface area contributed by atoms with E-state index in [0.717, 1.165) is 0 Å². The molecule has 0 saturated carbocycles. The van der Waals surface area contributed by atoms with Crippen molar-refractivity contribution in [2.75, 3.05) is 18.5 Å². The summed E-state index contributed by atoms with van der Waals surface area (Å²) in [5, 5.41) is 2.76. The zero-order valence-corrected chi connectivity index (χ0v) is 18.1. The van der Waals surface area contributed by atoms with Crippen LogP contribution in [0.1, 0.15) is 24.2 Å². The van der Waals surface area contributed by atoms with Crippen LogP contribution in [0.15, 0.2) is 77.7 Å². The largest absolute Gasteiger partial charge is 0.492 e. The molecule has 3 aromatic carbocycles. The zero-order chi connectivity index (χ0) is 22.3. The third-order valence-corrected chi connectivity index (χ3v) is 5.79. The van der Waals surface area contributed by atoms with Crippen LogP contribution >= 0.6 is 0 Å². The van der Waals surface area contributed by atoms with Gasteiger partial charge in [-0.1, -0.05) is 25.1 Å². The fourth-order valence-electron chi connectivity index (χ4n) is 2.84. The third kappa shape index (κ3) is 5.84. The first-order valence-corrected chi connectivity index (χ1v) is 11.3. The number of benzene rings is 3. The number of carbonyl (C=O) groups excluding carboxylic acids is 1. The summed E-state index contributed by atoms with van der Waals surface area (Å²) in [5.74, 6) is 1.10. The van der Waals surface area contributed by atoms with Crippen LogP contribution in [0.4, 0.5) is 5.69 Å². The molecule has 0 unspecified atom stereocenters. The summed E-state index contributed by atoms with van der Waals surface area (Å²) >= 11 is 0. The predicted octanol–water partition coefficient (Wildman–Crippen LogP) is 4.43. The molecule has 31 heavy (non-hydrogen) atoms. The van der Waals surface area contributed by atoms with E-state index in [2.05, 4.69) is 10.0 Å². The maximum Gasteiger partial charge on any atom is 0.255 e. The number of sulfonamides is 1. The maximum absolute atomic E-state index is 12.7. The number of carbonyl (C=O) groups is 1.